The smallest absolute Gasteiger partial charge is 0.247 e. The molecule has 2 aliphatic rings. The molecule has 10 heteroatoms. The third-order valence-electron chi connectivity index (χ3n) is 5.83. The molecule has 2 aliphatic heterocycles. The number of carbonyl (C=O) groups excluding carboxylic acids is 2. The molecule has 4 rings (SSSR count). The van der Waals surface area contributed by atoms with E-state index in [1.807, 2.05) is 32.0 Å². The summed E-state index contributed by atoms with van der Waals surface area (Å²) in [5, 5.41) is 13.0. The number of benzene rings is 1. The van der Waals surface area contributed by atoms with Crippen molar-refractivity contribution in [3.63, 3.8) is 0 Å². The minimum Gasteiger partial charge on any atom is -0.381 e. The van der Waals surface area contributed by atoms with Gasteiger partial charge in [-0.1, -0.05) is 11.2 Å². The van der Waals surface area contributed by atoms with Crippen molar-refractivity contribution in [1.29, 1.82) is 0 Å². The van der Waals surface area contributed by atoms with Crippen molar-refractivity contribution in [3.8, 4) is 11.1 Å². The molecular weight excluding hydrogens is 420 g/mol. The van der Waals surface area contributed by atoms with Crippen molar-refractivity contribution in [2.24, 2.45) is 0 Å². The number of amides is 2. The molecule has 0 aliphatic carbocycles. The molecule has 0 spiro atoms. The van der Waals surface area contributed by atoms with Crippen LogP contribution in [0.1, 0.15) is 37.1 Å². The van der Waals surface area contributed by atoms with E-state index >= 15 is 0 Å². The summed E-state index contributed by atoms with van der Waals surface area (Å²) in [4.78, 5) is 24.3. The first kappa shape index (κ1) is 21.4. The second kappa shape index (κ2) is 8.33. The lowest BCUT2D eigenvalue weighted by Gasteiger charge is -2.26. The summed E-state index contributed by atoms with van der Waals surface area (Å²) in [6.07, 6.45) is 1.82. The van der Waals surface area contributed by atoms with E-state index in [0.717, 1.165) is 16.8 Å². The zero-order valence-corrected chi connectivity index (χ0v) is 18.3. The Morgan fingerprint density at radius 2 is 1.90 bits per heavy atom. The summed E-state index contributed by atoms with van der Waals surface area (Å²) >= 11 is 0. The van der Waals surface area contributed by atoms with Crippen molar-refractivity contribution in [2.75, 3.05) is 22.1 Å². The highest BCUT2D eigenvalue weighted by atomic mass is 32.2. The van der Waals surface area contributed by atoms with Crippen LogP contribution in [0, 0.1) is 13.8 Å². The Hall–Kier alpha value is -2.88. The van der Waals surface area contributed by atoms with Crippen molar-refractivity contribution in [1.82, 2.24) is 10.5 Å². The maximum absolute atomic E-state index is 12.8. The molecule has 3 N–H and O–H groups in total. The molecule has 2 aromatic rings. The SMILES string of the molecule is Cc1noc(C)c1-c1ccc(NC2CCS(=O)(=O)CC2)c(NC(=O)[C@@H]2CCC(=O)N2)c1. The van der Waals surface area contributed by atoms with Gasteiger partial charge in [-0.2, -0.15) is 0 Å². The molecule has 166 valence electrons. The van der Waals surface area contributed by atoms with E-state index in [-0.39, 0.29) is 29.4 Å². The third-order valence-corrected chi connectivity index (χ3v) is 7.54. The van der Waals surface area contributed by atoms with Gasteiger partial charge >= 0.3 is 0 Å². The fraction of sp³-hybridized carbons (Fsp3) is 0.476. The van der Waals surface area contributed by atoms with Gasteiger partial charge in [0.2, 0.25) is 11.8 Å². The van der Waals surface area contributed by atoms with Crippen LogP contribution in [0.5, 0.6) is 0 Å². The minimum atomic E-state index is -2.97. The Balaban J connectivity index is 1.61. The maximum Gasteiger partial charge on any atom is 0.247 e. The first-order valence-corrected chi connectivity index (χ1v) is 12.2. The number of rotatable bonds is 5. The highest BCUT2D eigenvalue weighted by Gasteiger charge is 2.29. The summed E-state index contributed by atoms with van der Waals surface area (Å²) in [5.41, 5.74) is 3.73. The lowest BCUT2D eigenvalue weighted by molar-refractivity contribution is -0.122. The van der Waals surface area contributed by atoms with E-state index < -0.39 is 15.9 Å². The van der Waals surface area contributed by atoms with Crippen LogP contribution in [-0.4, -0.2) is 49.0 Å². The molecular formula is C21H26N4O5S. The van der Waals surface area contributed by atoms with Crippen LogP contribution in [-0.2, 0) is 19.4 Å². The Labute approximate surface area is 180 Å². The monoisotopic (exact) mass is 446 g/mol. The van der Waals surface area contributed by atoms with E-state index in [4.69, 9.17) is 4.52 Å². The molecule has 0 unspecified atom stereocenters. The molecule has 31 heavy (non-hydrogen) atoms. The van der Waals surface area contributed by atoms with Gasteiger partial charge in [-0.3, -0.25) is 9.59 Å². The van der Waals surface area contributed by atoms with Crippen molar-refractivity contribution >= 4 is 33.0 Å². The molecule has 2 saturated heterocycles. The highest BCUT2D eigenvalue weighted by Crippen LogP contribution is 2.34. The van der Waals surface area contributed by atoms with Crippen LogP contribution >= 0.6 is 0 Å². The standard InChI is InChI=1S/C21H26N4O5S/c1-12-20(13(2)30-25-12)14-3-4-16(22-15-7-9-31(28,29)10-8-15)18(11-14)24-21(27)17-5-6-19(26)23-17/h3-4,11,15,17,22H,5-10H2,1-2H3,(H,23,26)(H,24,27)/t17-/m0/s1. The Kier molecular flexibility index (Phi) is 5.74. The van der Waals surface area contributed by atoms with Gasteiger partial charge in [-0.25, -0.2) is 8.42 Å². The van der Waals surface area contributed by atoms with Crippen molar-refractivity contribution < 1.29 is 22.5 Å². The van der Waals surface area contributed by atoms with Crippen LogP contribution in [0.4, 0.5) is 11.4 Å². The summed E-state index contributed by atoms with van der Waals surface area (Å²) < 4.78 is 28.8. The molecule has 1 aromatic carbocycles. The summed E-state index contributed by atoms with van der Waals surface area (Å²) in [5.74, 6) is 0.563. The highest BCUT2D eigenvalue weighted by molar-refractivity contribution is 7.91. The second-order valence-corrected chi connectivity index (χ2v) is 10.5. The van der Waals surface area contributed by atoms with Gasteiger partial charge in [0, 0.05) is 18.0 Å². The fourth-order valence-electron chi connectivity index (χ4n) is 4.11. The third kappa shape index (κ3) is 4.73. The second-order valence-electron chi connectivity index (χ2n) is 8.18. The van der Waals surface area contributed by atoms with Gasteiger partial charge in [-0.15, -0.1) is 0 Å². The molecule has 1 aromatic heterocycles. The van der Waals surface area contributed by atoms with E-state index in [2.05, 4.69) is 21.1 Å². The quantitative estimate of drug-likeness (QED) is 0.641. The van der Waals surface area contributed by atoms with Gasteiger partial charge in [0.25, 0.3) is 0 Å². The molecule has 3 heterocycles. The van der Waals surface area contributed by atoms with E-state index in [1.165, 1.54) is 0 Å². The largest absolute Gasteiger partial charge is 0.381 e. The number of hydrogen-bond donors (Lipinski definition) is 3. The molecule has 2 amide bonds. The van der Waals surface area contributed by atoms with Crippen LogP contribution < -0.4 is 16.0 Å². The lowest BCUT2D eigenvalue weighted by Crippen LogP contribution is -2.37. The average Bonchev–Trinajstić information content (AvgIpc) is 3.30. The number of carbonyl (C=O) groups is 2. The number of nitrogens with zero attached hydrogens (tertiary/aromatic N) is 1. The number of nitrogens with one attached hydrogen (secondary N) is 3. The number of aryl methyl sites for hydroxylation is 2. The maximum atomic E-state index is 12.8. The van der Waals surface area contributed by atoms with Crippen LogP contribution in [0.2, 0.25) is 0 Å². The molecule has 0 saturated carbocycles. The van der Waals surface area contributed by atoms with E-state index in [9.17, 15) is 18.0 Å². The fourth-order valence-corrected chi connectivity index (χ4v) is 5.60. The number of aromatic nitrogens is 1. The first-order valence-electron chi connectivity index (χ1n) is 10.4. The van der Waals surface area contributed by atoms with Crippen LogP contribution in [0.3, 0.4) is 0 Å². The molecule has 0 bridgehead atoms. The van der Waals surface area contributed by atoms with Gasteiger partial charge in [0.15, 0.2) is 0 Å². The van der Waals surface area contributed by atoms with Crippen LogP contribution in [0.25, 0.3) is 11.1 Å². The average molecular weight is 447 g/mol. The van der Waals surface area contributed by atoms with Gasteiger partial charge in [-0.05, 0) is 50.8 Å². The minimum absolute atomic E-state index is 0.00438. The summed E-state index contributed by atoms with van der Waals surface area (Å²) in [7, 11) is -2.97. The Bertz CT molecular complexity index is 1090. The van der Waals surface area contributed by atoms with Gasteiger partial charge in [0.1, 0.15) is 21.6 Å². The number of anilines is 2. The predicted octanol–water partition coefficient (Wildman–Crippen LogP) is 2.16. The van der Waals surface area contributed by atoms with Crippen molar-refractivity contribution in [3.05, 3.63) is 29.7 Å². The van der Waals surface area contributed by atoms with Crippen molar-refractivity contribution in [2.45, 2.75) is 51.6 Å². The normalized spacial score (nSPS) is 21.0. The van der Waals surface area contributed by atoms with Gasteiger partial charge in [0.05, 0.1) is 28.6 Å². The number of sulfone groups is 1. The van der Waals surface area contributed by atoms with Crippen LogP contribution in [0.15, 0.2) is 22.7 Å². The topological polar surface area (TPSA) is 130 Å². The Morgan fingerprint density at radius 1 is 1.16 bits per heavy atom. The molecule has 0 radical (unpaired) electrons. The first-order chi connectivity index (χ1) is 14.7. The molecule has 1 atom stereocenters. The van der Waals surface area contributed by atoms with Gasteiger partial charge < -0.3 is 20.5 Å². The van der Waals surface area contributed by atoms with E-state index in [0.29, 0.717) is 42.8 Å². The summed E-state index contributed by atoms with van der Waals surface area (Å²) in [6, 6.07) is 5.07. The summed E-state index contributed by atoms with van der Waals surface area (Å²) in [6.45, 7) is 3.68. The Morgan fingerprint density at radius 3 is 2.52 bits per heavy atom. The molecule has 2 fully saturated rings. The molecule has 9 nitrogen and oxygen atoms in total. The predicted molar refractivity (Wildman–Crippen MR) is 117 cm³/mol. The van der Waals surface area contributed by atoms with E-state index in [1.54, 1.807) is 0 Å². The zero-order valence-electron chi connectivity index (χ0n) is 17.5. The zero-order chi connectivity index (χ0) is 22.2. The lowest BCUT2D eigenvalue weighted by atomic mass is 10.0. The number of hydrogen-bond acceptors (Lipinski definition) is 7.